The van der Waals surface area contributed by atoms with E-state index in [1.165, 1.54) is 44.2 Å². The average Bonchev–Trinajstić information content (AvgIpc) is 2.84. The van der Waals surface area contributed by atoms with Crippen LogP contribution >= 0.6 is 0 Å². The predicted octanol–water partition coefficient (Wildman–Crippen LogP) is 5.25. The molecule has 0 spiro atoms. The van der Waals surface area contributed by atoms with Crippen LogP contribution in [0.15, 0.2) is 11.8 Å². The van der Waals surface area contributed by atoms with Gasteiger partial charge in [0.1, 0.15) is 0 Å². The summed E-state index contributed by atoms with van der Waals surface area (Å²) in [6.07, 6.45) is 12.5. The Morgan fingerprint density at radius 3 is 2.79 bits per heavy atom. The van der Waals surface area contributed by atoms with E-state index in [0.717, 1.165) is 36.5 Å². The summed E-state index contributed by atoms with van der Waals surface area (Å²) in [7, 11) is 2.03. The molecule has 7 atom stereocenters. The highest BCUT2D eigenvalue weighted by Crippen LogP contribution is 2.63. The predicted molar refractivity (Wildman–Crippen MR) is 98.2 cm³/mol. The lowest BCUT2D eigenvalue weighted by molar-refractivity contribution is -0.130. The number of rotatable bonds is 0. The molecule has 24 heavy (non-hydrogen) atoms. The van der Waals surface area contributed by atoms with Gasteiger partial charge in [-0.25, -0.2) is 0 Å². The molecule has 3 aliphatic carbocycles. The zero-order valence-corrected chi connectivity index (χ0v) is 16.1. The Kier molecular flexibility index (Phi) is 4.09. The summed E-state index contributed by atoms with van der Waals surface area (Å²) in [6.45, 7) is 7.49. The number of amides is 1. The SMILES string of the molecule is C[C@H]1CC2C3C(CCC2(C)C1)[C@@H]1CCCCC(=O)N(C)C1=C[C@@H]3C. The van der Waals surface area contributed by atoms with Crippen LogP contribution in [0.25, 0.3) is 0 Å². The van der Waals surface area contributed by atoms with Crippen LogP contribution in [-0.2, 0) is 4.79 Å². The molecule has 0 aromatic heterocycles. The van der Waals surface area contributed by atoms with Crippen molar-refractivity contribution in [1.29, 1.82) is 0 Å². The second-order valence-corrected chi connectivity index (χ2v) is 9.84. The lowest BCUT2D eigenvalue weighted by Crippen LogP contribution is -2.48. The maximum atomic E-state index is 12.5. The maximum Gasteiger partial charge on any atom is 0.226 e. The van der Waals surface area contributed by atoms with E-state index in [4.69, 9.17) is 0 Å². The second-order valence-electron chi connectivity index (χ2n) is 9.84. The molecule has 0 aromatic rings. The molecule has 1 heterocycles. The van der Waals surface area contributed by atoms with Crippen LogP contribution in [0, 0.1) is 40.9 Å². The summed E-state index contributed by atoms with van der Waals surface area (Å²) in [5, 5.41) is 0. The molecular formula is C22H35NO. The zero-order valence-electron chi connectivity index (χ0n) is 16.1. The topological polar surface area (TPSA) is 20.3 Å². The van der Waals surface area contributed by atoms with Crippen molar-refractivity contribution in [1.82, 2.24) is 4.90 Å². The van der Waals surface area contributed by atoms with Gasteiger partial charge in [0.05, 0.1) is 0 Å². The highest BCUT2D eigenvalue weighted by atomic mass is 16.2. The molecule has 2 nitrogen and oxygen atoms in total. The largest absolute Gasteiger partial charge is 0.319 e. The van der Waals surface area contributed by atoms with Gasteiger partial charge < -0.3 is 4.90 Å². The first kappa shape index (κ1) is 16.7. The molecule has 0 aromatic carbocycles. The maximum absolute atomic E-state index is 12.5. The molecule has 0 radical (unpaired) electrons. The highest BCUT2D eigenvalue weighted by molar-refractivity contribution is 5.78. The molecule has 2 heteroatoms. The Hall–Kier alpha value is -0.790. The minimum absolute atomic E-state index is 0.340. The molecule has 1 saturated heterocycles. The fourth-order valence-corrected chi connectivity index (χ4v) is 7.27. The molecule has 1 amide bonds. The molecular weight excluding hydrogens is 294 g/mol. The standard InChI is InChI=1S/C22H35NO/c1-14-11-18-21-15(2)12-19-16(7-5-6-8-20(24)23(19)4)17(21)9-10-22(18,3)13-14/h12,14-18,21H,5-11,13H2,1-4H3/t14-,15-,16-,17?,18?,21?,22?/m0/s1. The Labute approximate surface area is 148 Å². The highest BCUT2D eigenvalue weighted by Gasteiger charge is 2.55. The van der Waals surface area contributed by atoms with Crippen molar-refractivity contribution in [2.45, 2.75) is 72.1 Å². The Morgan fingerprint density at radius 2 is 2.00 bits per heavy atom. The van der Waals surface area contributed by atoms with E-state index in [1.54, 1.807) is 0 Å². The number of nitrogens with zero attached hydrogens (tertiary/aromatic N) is 1. The van der Waals surface area contributed by atoms with Gasteiger partial charge in [-0.1, -0.05) is 33.3 Å². The Bertz CT molecular complexity index is 552. The summed E-state index contributed by atoms with van der Waals surface area (Å²) in [6, 6.07) is 0. The molecule has 1 aliphatic heterocycles. The first-order chi connectivity index (χ1) is 11.4. The van der Waals surface area contributed by atoms with Gasteiger partial charge in [-0.3, -0.25) is 4.79 Å². The molecule has 3 fully saturated rings. The van der Waals surface area contributed by atoms with Gasteiger partial charge in [-0.15, -0.1) is 0 Å². The molecule has 0 bridgehead atoms. The first-order valence-electron chi connectivity index (χ1n) is 10.4. The van der Waals surface area contributed by atoms with Crippen LogP contribution in [0.2, 0.25) is 0 Å². The summed E-state index contributed by atoms with van der Waals surface area (Å²) in [5.41, 5.74) is 1.96. The van der Waals surface area contributed by atoms with E-state index in [-0.39, 0.29) is 0 Å². The summed E-state index contributed by atoms with van der Waals surface area (Å²) >= 11 is 0. The molecule has 4 rings (SSSR count). The number of hydrogen-bond acceptors (Lipinski definition) is 1. The minimum Gasteiger partial charge on any atom is -0.319 e. The smallest absolute Gasteiger partial charge is 0.226 e. The van der Waals surface area contributed by atoms with Gasteiger partial charge in [0.2, 0.25) is 5.91 Å². The van der Waals surface area contributed by atoms with Gasteiger partial charge in [0.25, 0.3) is 0 Å². The summed E-state index contributed by atoms with van der Waals surface area (Å²) in [4.78, 5) is 14.5. The van der Waals surface area contributed by atoms with Gasteiger partial charge >= 0.3 is 0 Å². The molecule has 2 saturated carbocycles. The van der Waals surface area contributed by atoms with Crippen LogP contribution < -0.4 is 0 Å². The van der Waals surface area contributed by atoms with Crippen LogP contribution in [0.4, 0.5) is 0 Å². The van der Waals surface area contributed by atoms with Crippen molar-refractivity contribution in [3.63, 3.8) is 0 Å². The molecule has 134 valence electrons. The van der Waals surface area contributed by atoms with Gasteiger partial charge in [-0.05, 0) is 73.5 Å². The van der Waals surface area contributed by atoms with Crippen molar-refractivity contribution in [2.75, 3.05) is 7.05 Å². The number of carbonyl (C=O) groups excluding carboxylic acids is 1. The quantitative estimate of drug-likeness (QED) is 0.594. The van der Waals surface area contributed by atoms with Crippen molar-refractivity contribution >= 4 is 5.91 Å². The first-order valence-corrected chi connectivity index (χ1v) is 10.4. The number of likely N-dealkylation sites (tertiary alicyclic amines) is 1. The minimum atomic E-state index is 0.340. The zero-order chi connectivity index (χ0) is 17.1. The van der Waals surface area contributed by atoms with Gasteiger partial charge in [0.15, 0.2) is 0 Å². The fourth-order valence-electron chi connectivity index (χ4n) is 7.27. The second kappa shape index (κ2) is 5.88. The van der Waals surface area contributed by atoms with Gasteiger partial charge in [-0.2, -0.15) is 0 Å². The number of carbonyl (C=O) groups is 1. The molecule has 4 unspecified atom stereocenters. The third-order valence-corrected chi connectivity index (χ3v) is 8.23. The van der Waals surface area contributed by atoms with E-state index in [1.807, 2.05) is 11.9 Å². The normalized spacial score (nSPS) is 48.8. The number of fused-ring (bicyclic) bond motifs is 5. The Morgan fingerprint density at radius 1 is 1.21 bits per heavy atom. The molecule has 0 N–H and O–H groups in total. The van der Waals surface area contributed by atoms with Crippen molar-refractivity contribution in [3.05, 3.63) is 11.8 Å². The van der Waals surface area contributed by atoms with Crippen LogP contribution in [0.5, 0.6) is 0 Å². The lowest BCUT2D eigenvalue weighted by atomic mass is 9.52. The summed E-state index contributed by atoms with van der Waals surface area (Å²) < 4.78 is 0. The van der Waals surface area contributed by atoms with Gasteiger partial charge in [0, 0.05) is 25.1 Å². The van der Waals surface area contributed by atoms with Crippen molar-refractivity contribution in [3.8, 4) is 0 Å². The number of hydrogen-bond donors (Lipinski definition) is 0. The monoisotopic (exact) mass is 329 g/mol. The van der Waals surface area contributed by atoms with E-state index < -0.39 is 0 Å². The lowest BCUT2D eigenvalue weighted by Gasteiger charge is -2.54. The number of allylic oxidation sites excluding steroid dienone is 2. The third-order valence-electron chi connectivity index (χ3n) is 8.23. The Balaban J connectivity index is 1.70. The van der Waals surface area contributed by atoms with E-state index in [2.05, 4.69) is 26.8 Å². The average molecular weight is 330 g/mol. The third kappa shape index (κ3) is 2.47. The van der Waals surface area contributed by atoms with Crippen LogP contribution in [-0.4, -0.2) is 17.9 Å². The molecule has 4 aliphatic rings. The van der Waals surface area contributed by atoms with Crippen molar-refractivity contribution in [2.24, 2.45) is 40.9 Å². The van der Waals surface area contributed by atoms with Crippen LogP contribution in [0.1, 0.15) is 72.1 Å². The van der Waals surface area contributed by atoms with E-state index in [0.29, 0.717) is 23.2 Å². The summed E-state index contributed by atoms with van der Waals surface area (Å²) in [5.74, 6) is 5.09. The van der Waals surface area contributed by atoms with E-state index in [9.17, 15) is 4.79 Å². The van der Waals surface area contributed by atoms with Crippen LogP contribution in [0.3, 0.4) is 0 Å². The van der Waals surface area contributed by atoms with E-state index >= 15 is 0 Å². The van der Waals surface area contributed by atoms with Crippen molar-refractivity contribution < 1.29 is 4.79 Å². The fraction of sp³-hybridized carbons (Fsp3) is 0.864.